The maximum atomic E-state index is 10.9. The Bertz CT molecular complexity index is 1130. The Hall–Kier alpha value is -3.59. The fourth-order valence-electron chi connectivity index (χ4n) is 2.40. The first kappa shape index (κ1) is 16.9. The first-order valence-corrected chi connectivity index (χ1v) is 8.08. The van der Waals surface area contributed by atoms with Gasteiger partial charge in [0.05, 0.1) is 15.8 Å². The van der Waals surface area contributed by atoms with E-state index in [-0.39, 0.29) is 24.1 Å². The van der Waals surface area contributed by atoms with E-state index in [4.69, 9.17) is 20.8 Å². The topological polar surface area (TPSA) is 117 Å². The maximum Gasteiger partial charge on any atom is 0.271 e. The van der Waals surface area contributed by atoms with Gasteiger partial charge in [-0.2, -0.15) is 0 Å². The van der Waals surface area contributed by atoms with E-state index in [9.17, 15) is 10.1 Å². The maximum absolute atomic E-state index is 10.9. The van der Waals surface area contributed by atoms with Crippen molar-refractivity contribution in [2.75, 3.05) is 0 Å². The molecule has 2 aromatic heterocycles. The summed E-state index contributed by atoms with van der Waals surface area (Å²) in [5.41, 5.74) is 1.08. The monoisotopic (exact) mass is 383 g/mol. The summed E-state index contributed by atoms with van der Waals surface area (Å²) in [6, 6.07) is 11.2. The van der Waals surface area contributed by atoms with Gasteiger partial charge in [0.15, 0.2) is 6.61 Å². The molecule has 0 radical (unpaired) electrons. The highest BCUT2D eigenvalue weighted by molar-refractivity contribution is 6.30. The Morgan fingerprint density at radius 1 is 1.11 bits per heavy atom. The number of benzene rings is 2. The zero-order chi connectivity index (χ0) is 18.8. The Morgan fingerprint density at radius 3 is 2.70 bits per heavy atom. The summed E-state index contributed by atoms with van der Waals surface area (Å²) in [5.74, 6) is 0.864. The number of nitro benzene ring substituents is 1. The number of hydrogen-bond acceptors (Lipinski definition) is 8. The lowest BCUT2D eigenvalue weighted by molar-refractivity contribution is -0.384. The standard InChI is InChI=1S/C17H10ClN5O4/c18-11-3-1-10(2-4-11)16-22-21-15(27-16)8-26-17-13-6-5-12(23(24)25)7-14(13)19-9-20-17/h1-7,9H,8H2. The molecule has 0 aliphatic rings. The van der Waals surface area contributed by atoms with E-state index in [0.29, 0.717) is 21.8 Å². The third kappa shape index (κ3) is 3.53. The minimum absolute atomic E-state index is 0.0102. The Morgan fingerprint density at radius 2 is 1.93 bits per heavy atom. The zero-order valence-corrected chi connectivity index (χ0v) is 14.3. The number of ether oxygens (including phenoxy) is 1. The largest absolute Gasteiger partial charge is 0.467 e. The number of rotatable bonds is 5. The van der Waals surface area contributed by atoms with Crippen LogP contribution in [0.3, 0.4) is 0 Å². The number of nitrogens with zero attached hydrogens (tertiary/aromatic N) is 5. The highest BCUT2D eigenvalue weighted by atomic mass is 35.5. The highest BCUT2D eigenvalue weighted by Crippen LogP contribution is 2.26. The van der Waals surface area contributed by atoms with Crippen LogP contribution in [0.25, 0.3) is 22.4 Å². The summed E-state index contributed by atoms with van der Waals surface area (Å²) in [5, 5.41) is 19.9. The van der Waals surface area contributed by atoms with E-state index in [1.165, 1.54) is 24.5 Å². The van der Waals surface area contributed by atoms with E-state index in [1.54, 1.807) is 24.3 Å². The molecule has 10 heteroatoms. The normalized spacial score (nSPS) is 10.9. The van der Waals surface area contributed by atoms with Crippen molar-refractivity contribution in [3.63, 3.8) is 0 Å². The molecule has 2 heterocycles. The Balaban J connectivity index is 1.54. The van der Waals surface area contributed by atoms with Crippen LogP contribution in [-0.4, -0.2) is 25.1 Å². The molecule has 0 unspecified atom stereocenters. The third-order valence-electron chi connectivity index (χ3n) is 3.68. The number of nitro groups is 1. The molecule has 0 saturated heterocycles. The molecular formula is C17H10ClN5O4. The van der Waals surface area contributed by atoms with Gasteiger partial charge >= 0.3 is 0 Å². The summed E-state index contributed by atoms with van der Waals surface area (Å²) in [6.45, 7) is -0.0102. The minimum Gasteiger partial charge on any atom is -0.467 e. The summed E-state index contributed by atoms with van der Waals surface area (Å²) < 4.78 is 11.2. The van der Waals surface area contributed by atoms with Crippen LogP contribution < -0.4 is 4.74 Å². The van der Waals surface area contributed by atoms with E-state index in [0.717, 1.165) is 5.56 Å². The van der Waals surface area contributed by atoms with Gasteiger partial charge in [-0.25, -0.2) is 9.97 Å². The predicted octanol–water partition coefficient (Wildman–Crippen LogP) is 3.82. The van der Waals surface area contributed by atoms with Crippen molar-refractivity contribution < 1.29 is 14.1 Å². The average molecular weight is 384 g/mol. The van der Waals surface area contributed by atoms with Crippen molar-refractivity contribution in [2.45, 2.75) is 6.61 Å². The second-order valence-corrected chi connectivity index (χ2v) is 5.87. The quantitative estimate of drug-likeness (QED) is 0.377. The fraction of sp³-hybridized carbons (Fsp3) is 0.0588. The van der Waals surface area contributed by atoms with Crippen LogP contribution in [0.2, 0.25) is 5.02 Å². The second-order valence-electron chi connectivity index (χ2n) is 5.43. The average Bonchev–Trinajstić information content (AvgIpc) is 3.15. The van der Waals surface area contributed by atoms with Crippen LogP contribution in [0.5, 0.6) is 5.88 Å². The lowest BCUT2D eigenvalue weighted by atomic mass is 10.2. The van der Waals surface area contributed by atoms with Gasteiger partial charge in [-0.3, -0.25) is 10.1 Å². The molecular weight excluding hydrogens is 374 g/mol. The van der Waals surface area contributed by atoms with Gasteiger partial charge in [-0.05, 0) is 30.3 Å². The molecule has 0 atom stereocenters. The van der Waals surface area contributed by atoms with Crippen LogP contribution in [0.15, 0.2) is 53.2 Å². The van der Waals surface area contributed by atoms with Crippen LogP contribution in [0.1, 0.15) is 5.89 Å². The van der Waals surface area contributed by atoms with E-state index in [2.05, 4.69) is 20.2 Å². The number of halogens is 1. The third-order valence-corrected chi connectivity index (χ3v) is 3.94. The summed E-state index contributed by atoms with van der Waals surface area (Å²) in [6.07, 6.45) is 1.27. The molecule has 27 heavy (non-hydrogen) atoms. The van der Waals surface area contributed by atoms with Gasteiger partial charge < -0.3 is 9.15 Å². The van der Waals surface area contributed by atoms with Gasteiger partial charge in [0.1, 0.15) is 6.33 Å². The second kappa shape index (κ2) is 6.96. The molecule has 0 spiro atoms. The van der Waals surface area contributed by atoms with Gasteiger partial charge in [-0.1, -0.05) is 11.6 Å². The van der Waals surface area contributed by atoms with Gasteiger partial charge in [0, 0.05) is 22.7 Å². The van der Waals surface area contributed by atoms with Gasteiger partial charge in [0.2, 0.25) is 11.8 Å². The zero-order valence-electron chi connectivity index (χ0n) is 13.6. The van der Waals surface area contributed by atoms with Crippen LogP contribution in [0, 0.1) is 10.1 Å². The first-order chi connectivity index (χ1) is 13.1. The minimum atomic E-state index is -0.487. The molecule has 0 aliphatic heterocycles. The molecule has 2 aromatic carbocycles. The van der Waals surface area contributed by atoms with E-state index < -0.39 is 4.92 Å². The van der Waals surface area contributed by atoms with Crippen molar-refractivity contribution in [1.29, 1.82) is 0 Å². The lowest BCUT2D eigenvalue weighted by Gasteiger charge is -2.05. The van der Waals surface area contributed by atoms with Crippen molar-refractivity contribution in [3.8, 4) is 17.3 Å². The highest BCUT2D eigenvalue weighted by Gasteiger charge is 2.13. The van der Waals surface area contributed by atoms with E-state index >= 15 is 0 Å². The molecule has 0 amide bonds. The molecule has 0 saturated carbocycles. The smallest absolute Gasteiger partial charge is 0.271 e. The molecule has 4 aromatic rings. The number of aromatic nitrogens is 4. The fourth-order valence-corrected chi connectivity index (χ4v) is 2.53. The van der Waals surface area contributed by atoms with Crippen molar-refractivity contribution in [2.24, 2.45) is 0 Å². The predicted molar refractivity (Wildman–Crippen MR) is 95.3 cm³/mol. The van der Waals surface area contributed by atoms with Crippen molar-refractivity contribution in [1.82, 2.24) is 20.2 Å². The van der Waals surface area contributed by atoms with Crippen LogP contribution >= 0.6 is 11.6 Å². The SMILES string of the molecule is O=[N+]([O-])c1ccc2c(OCc3nnc(-c4ccc(Cl)cc4)o3)ncnc2c1. The number of fused-ring (bicyclic) bond motifs is 1. The molecule has 0 bridgehead atoms. The summed E-state index contributed by atoms with van der Waals surface area (Å²) in [4.78, 5) is 18.5. The lowest BCUT2D eigenvalue weighted by Crippen LogP contribution is -1.99. The number of hydrogen-bond donors (Lipinski definition) is 0. The summed E-state index contributed by atoms with van der Waals surface area (Å²) in [7, 11) is 0. The first-order valence-electron chi connectivity index (χ1n) is 7.70. The molecule has 9 nitrogen and oxygen atoms in total. The van der Waals surface area contributed by atoms with Crippen molar-refractivity contribution in [3.05, 3.63) is 69.8 Å². The van der Waals surface area contributed by atoms with Gasteiger partial charge in [0.25, 0.3) is 11.6 Å². The Kier molecular flexibility index (Phi) is 4.35. The van der Waals surface area contributed by atoms with E-state index in [1.807, 2.05) is 0 Å². The van der Waals surface area contributed by atoms with Crippen molar-refractivity contribution >= 4 is 28.2 Å². The molecule has 4 rings (SSSR count). The number of non-ortho nitro benzene ring substituents is 1. The molecule has 134 valence electrons. The Labute approximate surface area is 156 Å². The van der Waals surface area contributed by atoms with Gasteiger partial charge in [-0.15, -0.1) is 10.2 Å². The molecule has 0 fully saturated rings. The van der Waals surface area contributed by atoms with Crippen LogP contribution in [-0.2, 0) is 6.61 Å². The molecule has 0 N–H and O–H groups in total. The van der Waals surface area contributed by atoms with Crippen LogP contribution in [0.4, 0.5) is 5.69 Å². The summed E-state index contributed by atoms with van der Waals surface area (Å²) >= 11 is 5.86. The molecule has 0 aliphatic carbocycles.